The van der Waals surface area contributed by atoms with E-state index in [1.54, 1.807) is 41.3 Å². The number of benzene rings is 3. The molecule has 3 aromatic rings. The Balaban J connectivity index is 1.59. The molecule has 0 aliphatic carbocycles. The number of carbonyl (C=O) groups is 2. The Bertz CT molecular complexity index is 1140. The summed E-state index contributed by atoms with van der Waals surface area (Å²) >= 11 is 0. The van der Waals surface area contributed by atoms with Crippen LogP contribution in [0.15, 0.2) is 72.8 Å². The number of halogens is 1. The molecule has 0 radical (unpaired) electrons. The lowest BCUT2D eigenvalue weighted by Crippen LogP contribution is -2.45. The van der Waals surface area contributed by atoms with Gasteiger partial charge in [-0.3, -0.25) is 9.59 Å². The van der Waals surface area contributed by atoms with Gasteiger partial charge in [0.1, 0.15) is 5.82 Å². The number of carbonyl (C=O) groups excluding carboxylic acids is 2. The number of nitrogens with two attached hydrogens (primary N) is 1. The van der Waals surface area contributed by atoms with Crippen molar-refractivity contribution in [2.24, 2.45) is 5.41 Å². The van der Waals surface area contributed by atoms with Crippen LogP contribution in [0.2, 0.25) is 0 Å². The number of amides is 2. The Labute approximate surface area is 193 Å². The van der Waals surface area contributed by atoms with Gasteiger partial charge in [0.05, 0.1) is 5.41 Å². The molecule has 2 amide bonds. The van der Waals surface area contributed by atoms with E-state index in [1.807, 2.05) is 31.2 Å². The Morgan fingerprint density at radius 3 is 2.45 bits per heavy atom. The molecular weight excluding hydrogens is 417 g/mol. The summed E-state index contributed by atoms with van der Waals surface area (Å²) in [6.07, 6.45) is 1.10. The highest BCUT2D eigenvalue weighted by Crippen LogP contribution is 2.36. The van der Waals surface area contributed by atoms with E-state index in [0.29, 0.717) is 43.7 Å². The first-order valence-electron chi connectivity index (χ1n) is 11.2. The van der Waals surface area contributed by atoms with Gasteiger partial charge in [-0.25, -0.2) is 4.39 Å². The Kier molecular flexibility index (Phi) is 6.45. The number of rotatable bonds is 6. The van der Waals surface area contributed by atoms with Gasteiger partial charge in [0.15, 0.2) is 0 Å². The predicted octanol–water partition coefficient (Wildman–Crippen LogP) is 4.29. The van der Waals surface area contributed by atoms with Gasteiger partial charge < -0.3 is 16.0 Å². The topological polar surface area (TPSA) is 75.4 Å². The van der Waals surface area contributed by atoms with Gasteiger partial charge in [-0.15, -0.1) is 0 Å². The van der Waals surface area contributed by atoms with E-state index in [0.717, 1.165) is 16.7 Å². The lowest BCUT2D eigenvalue weighted by Gasteiger charge is -2.28. The minimum atomic E-state index is -0.707. The Hall–Kier alpha value is -3.67. The first kappa shape index (κ1) is 22.5. The van der Waals surface area contributed by atoms with E-state index in [1.165, 1.54) is 12.1 Å². The molecule has 0 unspecified atom stereocenters. The number of nitrogens with one attached hydrogen (secondary N) is 1. The largest absolute Gasteiger partial charge is 0.399 e. The van der Waals surface area contributed by atoms with E-state index in [2.05, 4.69) is 5.32 Å². The van der Waals surface area contributed by atoms with Crippen molar-refractivity contribution in [2.45, 2.75) is 19.8 Å². The molecule has 3 aromatic carbocycles. The molecule has 33 heavy (non-hydrogen) atoms. The van der Waals surface area contributed by atoms with Crippen LogP contribution in [0.3, 0.4) is 0 Å². The lowest BCUT2D eigenvalue weighted by molar-refractivity contribution is -0.130. The maximum absolute atomic E-state index is 13.3. The van der Waals surface area contributed by atoms with Gasteiger partial charge >= 0.3 is 0 Å². The molecule has 4 rings (SSSR count). The molecule has 0 spiro atoms. The third-order valence-electron chi connectivity index (χ3n) is 6.26. The van der Waals surface area contributed by atoms with Crippen LogP contribution >= 0.6 is 0 Å². The second-order valence-electron chi connectivity index (χ2n) is 8.62. The standard InChI is InChI=1S/C27H28FN3O2/c1-2-30-26(33)27(14-15-31(18-27)25(32)21-8-12-24(29)13-9-21)17-19-4-3-5-22(16-19)20-6-10-23(28)11-7-20/h3-13,16H,2,14-15,17-18,29H2,1H3,(H,30,33)/t27-/m1/s1. The van der Waals surface area contributed by atoms with Crippen LogP contribution in [0.1, 0.15) is 29.3 Å². The summed E-state index contributed by atoms with van der Waals surface area (Å²) in [6, 6.07) is 21.2. The molecule has 1 heterocycles. The fourth-order valence-electron chi connectivity index (χ4n) is 4.51. The number of anilines is 1. The van der Waals surface area contributed by atoms with Crippen molar-refractivity contribution in [3.63, 3.8) is 0 Å². The molecule has 6 heteroatoms. The average molecular weight is 446 g/mol. The van der Waals surface area contributed by atoms with Crippen LogP contribution in [0.4, 0.5) is 10.1 Å². The number of hydrogen-bond donors (Lipinski definition) is 2. The molecule has 0 bridgehead atoms. The molecule has 1 atom stereocenters. The van der Waals surface area contributed by atoms with Crippen molar-refractivity contribution < 1.29 is 14.0 Å². The summed E-state index contributed by atoms with van der Waals surface area (Å²) in [5.41, 5.74) is 9.09. The van der Waals surface area contributed by atoms with Crippen molar-refractivity contribution >= 4 is 17.5 Å². The predicted molar refractivity (Wildman–Crippen MR) is 128 cm³/mol. The van der Waals surface area contributed by atoms with Crippen molar-refractivity contribution in [1.29, 1.82) is 0 Å². The fraction of sp³-hybridized carbons (Fsp3) is 0.259. The quantitative estimate of drug-likeness (QED) is 0.556. The molecule has 1 saturated heterocycles. The summed E-state index contributed by atoms with van der Waals surface area (Å²) in [4.78, 5) is 28.0. The van der Waals surface area contributed by atoms with Gasteiger partial charge in [-0.1, -0.05) is 36.4 Å². The zero-order valence-electron chi connectivity index (χ0n) is 18.7. The third kappa shape index (κ3) is 4.90. The zero-order chi connectivity index (χ0) is 23.4. The molecule has 3 N–H and O–H groups in total. The summed E-state index contributed by atoms with van der Waals surface area (Å²) in [7, 11) is 0. The maximum atomic E-state index is 13.3. The van der Waals surface area contributed by atoms with Crippen molar-refractivity contribution in [2.75, 3.05) is 25.4 Å². The normalized spacial score (nSPS) is 17.7. The summed E-state index contributed by atoms with van der Waals surface area (Å²) < 4.78 is 13.3. The molecular formula is C27H28FN3O2. The number of nitrogen functional groups attached to an aromatic ring is 1. The molecule has 1 fully saturated rings. The SMILES string of the molecule is CCNC(=O)[C@@]1(Cc2cccc(-c3ccc(F)cc3)c2)CCN(C(=O)c2ccc(N)cc2)C1. The lowest BCUT2D eigenvalue weighted by atomic mass is 9.79. The molecule has 0 saturated carbocycles. The first-order chi connectivity index (χ1) is 15.9. The van der Waals surface area contributed by atoms with Crippen LogP contribution in [-0.4, -0.2) is 36.3 Å². The van der Waals surface area contributed by atoms with Crippen LogP contribution < -0.4 is 11.1 Å². The van der Waals surface area contributed by atoms with E-state index < -0.39 is 5.41 Å². The van der Waals surface area contributed by atoms with Crippen molar-refractivity contribution in [1.82, 2.24) is 10.2 Å². The summed E-state index contributed by atoms with van der Waals surface area (Å²) in [5.74, 6) is -0.409. The van der Waals surface area contributed by atoms with E-state index >= 15 is 0 Å². The number of nitrogens with zero attached hydrogens (tertiary/aromatic N) is 1. The molecule has 170 valence electrons. The highest BCUT2D eigenvalue weighted by Gasteiger charge is 2.45. The molecule has 5 nitrogen and oxygen atoms in total. The number of likely N-dealkylation sites (tertiary alicyclic amines) is 1. The van der Waals surface area contributed by atoms with Gasteiger partial charge in [-0.05, 0) is 72.9 Å². The molecule has 0 aromatic heterocycles. The van der Waals surface area contributed by atoms with Gasteiger partial charge in [0, 0.05) is 30.9 Å². The highest BCUT2D eigenvalue weighted by atomic mass is 19.1. The summed E-state index contributed by atoms with van der Waals surface area (Å²) in [5, 5.41) is 2.97. The Morgan fingerprint density at radius 1 is 1.03 bits per heavy atom. The first-order valence-corrected chi connectivity index (χ1v) is 11.2. The van der Waals surface area contributed by atoms with Crippen molar-refractivity contribution in [3.8, 4) is 11.1 Å². The summed E-state index contributed by atoms with van der Waals surface area (Å²) in [6.45, 7) is 3.29. The van der Waals surface area contributed by atoms with Crippen LogP contribution in [0.5, 0.6) is 0 Å². The second kappa shape index (κ2) is 9.45. The zero-order valence-corrected chi connectivity index (χ0v) is 18.7. The Morgan fingerprint density at radius 2 is 1.76 bits per heavy atom. The second-order valence-corrected chi connectivity index (χ2v) is 8.62. The smallest absolute Gasteiger partial charge is 0.253 e. The minimum Gasteiger partial charge on any atom is -0.399 e. The number of hydrogen-bond acceptors (Lipinski definition) is 3. The minimum absolute atomic E-state index is 0.0372. The molecule has 1 aliphatic rings. The monoisotopic (exact) mass is 445 g/mol. The van der Waals surface area contributed by atoms with Crippen LogP contribution in [0.25, 0.3) is 11.1 Å². The fourth-order valence-corrected chi connectivity index (χ4v) is 4.51. The van der Waals surface area contributed by atoms with Gasteiger partial charge in [0.2, 0.25) is 5.91 Å². The van der Waals surface area contributed by atoms with Gasteiger partial charge in [0.25, 0.3) is 5.91 Å². The van der Waals surface area contributed by atoms with E-state index in [-0.39, 0.29) is 17.6 Å². The highest BCUT2D eigenvalue weighted by molar-refractivity contribution is 5.95. The van der Waals surface area contributed by atoms with E-state index in [4.69, 9.17) is 5.73 Å². The average Bonchev–Trinajstić information content (AvgIpc) is 3.25. The van der Waals surface area contributed by atoms with Crippen molar-refractivity contribution in [3.05, 3.63) is 89.7 Å². The van der Waals surface area contributed by atoms with E-state index in [9.17, 15) is 14.0 Å². The third-order valence-corrected chi connectivity index (χ3v) is 6.26. The van der Waals surface area contributed by atoms with Crippen LogP contribution in [-0.2, 0) is 11.2 Å². The van der Waals surface area contributed by atoms with Gasteiger partial charge in [-0.2, -0.15) is 0 Å². The van der Waals surface area contributed by atoms with Crippen LogP contribution in [0, 0.1) is 11.2 Å². The molecule has 1 aliphatic heterocycles. The maximum Gasteiger partial charge on any atom is 0.253 e.